The third-order valence-electron chi connectivity index (χ3n) is 8.47. The van der Waals surface area contributed by atoms with Crippen LogP contribution in [0.25, 0.3) is 10.8 Å². The van der Waals surface area contributed by atoms with Crippen LogP contribution >= 0.6 is 11.6 Å². The van der Waals surface area contributed by atoms with E-state index in [2.05, 4.69) is 52.0 Å². The lowest BCUT2D eigenvalue weighted by Gasteiger charge is -2.45. The van der Waals surface area contributed by atoms with E-state index in [1.54, 1.807) is 6.20 Å². The molecule has 1 saturated carbocycles. The van der Waals surface area contributed by atoms with Crippen molar-refractivity contribution in [1.29, 1.82) is 0 Å². The van der Waals surface area contributed by atoms with E-state index in [9.17, 15) is 9.90 Å². The van der Waals surface area contributed by atoms with Crippen LogP contribution in [-0.4, -0.2) is 81.7 Å². The Balaban J connectivity index is 1.14. The number of halogens is 1. The van der Waals surface area contributed by atoms with Crippen LogP contribution in [0, 0.1) is 5.92 Å². The zero-order valence-electron chi connectivity index (χ0n) is 22.1. The second kappa shape index (κ2) is 9.79. The number of ether oxygens (including phenoxy) is 1. The number of aliphatic hydroxyl groups is 1. The number of pyridine rings is 1. The predicted molar refractivity (Wildman–Crippen MR) is 148 cm³/mol. The van der Waals surface area contributed by atoms with Crippen molar-refractivity contribution >= 4 is 39.8 Å². The van der Waals surface area contributed by atoms with Crippen molar-refractivity contribution in [1.82, 2.24) is 19.7 Å². The van der Waals surface area contributed by atoms with Crippen molar-refractivity contribution in [3.8, 4) is 0 Å². The highest BCUT2D eigenvalue weighted by atomic mass is 35.5. The summed E-state index contributed by atoms with van der Waals surface area (Å²) in [6, 6.07) is 8.23. The smallest absolute Gasteiger partial charge is 0.229 e. The lowest BCUT2D eigenvalue weighted by Crippen LogP contribution is -2.60. The van der Waals surface area contributed by atoms with E-state index in [-0.39, 0.29) is 29.3 Å². The first kappa shape index (κ1) is 25.6. The van der Waals surface area contributed by atoms with Gasteiger partial charge in [0.25, 0.3) is 0 Å². The molecule has 2 aliphatic heterocycles. The molecule has 0 unspecified atom stereocenters. The summed E-state index contributed by atoms with van der Waals surface area (Å²) < 4.78 is 7.54. The number of carbonyl (C=O) groups excluding carboxylic acids is 1. The van der Waals surface area contributed by atoms with Crippen LogP contribution in [0.4, 0.5) is 11.5 Å². The van der Waals surface area contributed by atoms with Crippen LogP contribution in [0.2, 0.25) is 5.02 Å². The molecule has 9 nitrogen and oxygen atoms in total. The third-order valence-corrected chi connectivity index (χ3v) is 8.77. The van der Waals surface area contributed by atoms with E-state index in [0.29, 0.717) is 24.1 Å². The number of fused-ring (bicyclic) bond motifs is 1. The van der Waals surface area contributed by atoms with Crippen molar-refractivity contribution in [2.75, 3.05) is 49.6 Å². The first-order chi connectivity index (χ1) is 18.2. The maximum Gasteiger partial charge on any atom is 0.229 e. The molecule has 0 spiro atoms. The van der Waals surface area contributed by atoms with Crippen molar-refractivity contribution in [3.63, 3.8) is 0 Å². The van der Waals surface area contributed by atoms with Gasteiger partial charge in [0.05, 0.1) is 35.6 Å². The highest BCUT2D eigenvalue weighted by Crippen LogP contribution is 2.48. The summed E-state index contributed by atoms with van der Waals surface area (Å²) in [7, 11) is 0. The number of benzene rings is 1. The minimum Gasteiger partial charge on any atom is -0.389 e. The second-order valence-corrected chi connectivity index (χ2v) is 11.7. The Hall–Kier alpha value is -2.72. The monoisotopic (exact) mass is 538 g/mol. The van der Waals surface area contributed by atoms with Gasteiger partial charge in [0.15, 0.2) is 0 Å². The number of hydrogen-bond donors (Lipinski definition) is 2. The molecule has 1 aliphatic carbocycles. The van der Waals surface area contributed by atoms with Crippen molar-refractivity contribution in [3.05, 3.63) is 47.4 Å². The largest absolute Gasteiger partial charge is 0.389 e. The fourth-order valence-corrected chi connectivity index (χ4v) is 6.25. The van der Waals surface area contributed by atoms with Gasteiger partial charge in [0, 0.05) is 67.5 Å². The molecular weight excluding hydrogens is 504 g/mol. The van der Waals surface area contributed by atoms with E-state index in [0.717, 1.165) is 54.8 Å². The molecule has 2 N–H and O–H groups in total. The molecule has 202 valence electrons. The van der Waals surface area contributed by atoms with Gasteiger partial charge in [0.2, 0.25) is 5.91 Å². The van der Waals surface area contributed by atoms with Gasteiger partial charge in [-0.05, 0) is 56.8 Å². The Bertz CT molecular complexity index is 1350. The third kappa shape index (κ3) is 4.55. The molecule has 3 aliphatic rings. The number of anilines is 2. The van der Waals surface area contributed by atoms with Crippen molar-refractivity contribution < 1.29 is 14.6 Å². The number of nitrogens with zero attached hydrogens (tertiary/aromatic N) is 5. The van der Waals surface area contributed by atoms with Crippen LogP contribution < -0.4 is 10.2 Å². The minimum absolute atomic E-state index is 0.00441. The van der Waals surface area contributed by atoms with E-state index < -0.39 is 6.10 Å². The summed E-state index contributed by atoms with van der Waals surface area (Å²) in [5.74, 6) is 0.676. The minimum atomic E-state index is -0.470. The van der Waals surface area contributed by atoms with Gasteiger partial charge < -0.3 is 20.1 Å². The normalized spacial score (nSPS) is 27.8. The molecule has 1 aromatic carbocycles. The number of nitrogens with one attached hydrogen (secondary N) is 1. The summed E-state index contributed by atoms with van der Waals surface area (Å²) in [4.78, 5) is 22.1. The summed E-state index contributed by atoms with van der Waals surface area (Å²) in [5, 5.41) is 20.5. The fraction of sp³-hybridized carbons (Fsp3) is 0.536. The number of hydrogen-bond acceptors (Lipinski definition) is 7. The first-order valence-corrected chi connectivity index (χ1v) is 13.8. The Morgan fingerprint density at radius 3 is 2.71 bits per heavy atom. The fourth-order valence-electron chi connectivity index (χ4n) is 5.96. The van der Waals surface area contributed by atoms with Crippen LogP contribution in [0.5, 0.6) is 0 Å². The molecule has 0 bridgehead atoms. The zero-order chi connectivity index (χ0) is 26.6. The standard InChI is InChI=1S/C28H35ClN6O3/c1-17(2)35-23(4-5-31-35)20-13-21(20)27(37)32-26-12-18-11-24(22(29)10-19(18)14-30-26)33-6-8-34(9-7-33)28(3)16-38-15-25(28)36/h4-5,10-12,14,17,20-21,25,36H,6-9,13,15-16H2,1-3H3,(H,30,32,37)/t20-,21-,25-,28+/m1/s1. The van der Waals surface area contributed by atoms with E-state index in [1.807, 2.05) is 29.1 Å². The maximum atomic E-state index is 13.0. The molecule has 38 heavy (non-hydrogen) atoms. The molecule has 4 heterocycles. The van der Waals surface area contributed by atoms with Crippen molar-refractivity contribution in [2.24, 2.45) is 5.92 Å². The molecule has 1 amide bonds. The van der Waals surface area contributed by atoms with Crippen LogP contribution in [0.1, 0.15) is 44.8 Å². The van der Waals surface area contributed by atoms with Gasteiger partial charge in [-0.2, -0.15) is 5.10 Å². The number of rotatable bonds is 6. The molecular formula is C28H35ClN6O3. The summed E-state index contributed by atoms with van der Waals surface area (Å²) in [5.41, 5.74) is 1.75. The van der Waals surface area contributed by atoms with E-state index in [4.69, 9.17) is 16.3 Å². The molecule has 10 heteroatoms. The highest BCUT2D eigenvalue weighted by molar-refractivity contribution is 6.34. The Morgan fingerprint density at radius 2 is 2.00 bits per heavy atom. The van der Waals surface area contributed by atoms with Crippen LogP contribution in [0.3, 0.4) is 0 Å². The summed E-state index contributed by atoms with van der Waals surface area (Å²) in [6.07, 6.45) is 3.93. The zero-order valence-corrected chi connectivity index (χ0v) is 22.9. The highest BCUT2D eigenvalue weighted by Gasteiger charge is 2.46. The summed E-state index contributed by atoms with van der Waals surface area (Å²) >= 11 is 6.70. The van der Waals surface area contributed by atoms with Gasteiger partial charge in [-0.25, -0.2) is 4.98 Å². The molecule has 2 aromatic heterocycles. The van der Waals surface area contributed by atoms with Gasteiger partial charge in [-0.1, -0.05) is 11.6 Å². The quantitative estimate of drug-likeness (QED) is 0.494. The molecule has 0 radical (unpaired) electrons. The van der Waals surface area contributed by atoms with Gasteiger partial charge in [-0.15, -0.1) is 0 Å². The number of carbonyl (C=O) groups is 1. The number of aromatic nitrogens is 3. The molecule has 6 rings (SSSR count). The number of amides is 1. The molecule has 3 fully saturated rings. The van der Waals surface area contributed by atoms with Gasteiger partial charge >= 0.3 is 0 Å². The van der Waals surface area contributed by atoms with E-state index in [1.165, 1.54) is 0 Å². The average Bonchev–Trinajstić information content (AvgIpc) is 3.40. The number of piperazine rings is 1. The molecule has 2 saturated heterocycles. The SMILES string of the molecule is CC(C)n1nccc1[C@@H]1C[C@H]1C(=O)Nc1cc2cc(N3CCN([C@@]4(C)COC[C@H]4O)CC3)c(Cl)cc2cn1. The van der Waals surface area contributed by atoms with Crippen LogP contribution in [0.15, 0.2) is 36.7 Å². The average molecular weight is 539 g/mol. The summed E-state index contributed by atoms with van der Waals surface area (Å²) in [6.45, 7) is 10.5. The Morgan fingerprint density at radius 1 is 1.21 bits per heavy atom. The second-order valence-electron chi connectivity index (χ2n) is 11.3. The Labute approximate surface area is 227 Å². The topological polar surface area (TPSA) is 95.8 Å². The number of aliphatic hydroxyl groups excluding tert-OH is 1. The molecule has 3 aromatic rings. The van der Waals surface area contributed by atoms with E-state index >= 15 is 0 Å². The first-order valence-electron chi connectivity index (χ1n) is 13.4. The van der Waals surface area contributed by atoms with Gasteiger partial charge in [0.1, 0.15) is 5.82 Å². The predicted octanol–water partition coefficient (Wildman–Crippen LogP) is 3.68. The van der Waals surface area contributed by atoms with Crippen LogP contribution in [-0.2, 0) is 9.53 Å². The van der Waals surface area contributed by atoms with Crippen molar-refractivity contribution in [2.45, 2.75) is 50.8 Å². The Kier molecular flexibility index (Phi) is 6.58. The lowest BCUT2D eigenvalue weighted by atomic mass is 9.95. The maximum absolute atomic E-state index is 13.0. The molecule has 4 atom stereocenters. The lowest BCUT2D eigenvalue weighted by molar-refractivity contribution is -0.117. The van der Waals surface area contributed by atoms with Gasteiger partial charge in [-0.3, -0.25) is 14.4 Å².